The van der Waals surface area contributed by atoms with Crippen LogP contribution in [0.5, 0.6) is 0 Å². The first-order chi connectivity index (χ1) is 8.22. The molecule has 1 atom stereocenters. The van der Waals surface area contributed by atoms with Crippen LogP contribution < -0.4 is 5.32 Å². The minimum Gasteiger partial charge on any atom is -0.362 e. The SMILES string of the molecule is Cn1ccc(NC2CCc3cc(Br)ccc32)n1. The lowest BCUT2D eigenvalue weighted by Gasteiger charge is -2.13. The quantitative estimate of drug-likeness (QED) is 0.920. The Bertz CT molecular complexity index is 547. The maximum absolute atomic E-state index is 4.36. The van der Waals surface area contributed by atoms with Crippen LogP contribution >= 0.6 is 15.9 Å². The van der Waals surface area contributed by atoms with E-state index >= 15 is 0 Å². The van der Waals surface area contributed by atoms with Gasteiger partial charge in [0, 0.05) is 23.8 Å². The maximum Gasteiger partial charge on any atom is 0.148 e. The molecule has 17 heavy (non-hydrogen) atoms. The first-order valence-corrected chi connectivity index (χ1v) is 6.56. The van der Waals surface area contributed by atoms with Crippen LogP contribution in [0.2, 0.25) is 0 Å². The summed E-state index contributed by atoms with van der Waals surface area (Å²) in [6, 6.07) is 8.93. The number of nitrogens with one attached hydrogen (secondary N) is 1. The van der Waals surface area contributed by atoms with Gasteiger partial charge in [0.15, 0.2) is 0 Å². The van der Waals surface area contributed by atoms with Crippen molar-refractivity contribution >= 4 is 21.7 Å². The van der Waals surface area contributed by atoms with E-state index in [1.165, 1.54) is 11.1 Å². The highest BCUT2D eigenvalue weighted by molar-refractivity contribution is 9.10. The van der Waals surface area contributed by atoms with Gasteiger partial charge in [-0.15, -0.1) is 0 Å². The molecule has 0 saturated carbocycles. The van der Waals surface area contributed by atoms with E-state index in [0.717, 1.165) is 23.1 Å². The molecule has 88 valence electrons. The predicted octanol–water partition coefficient (Wildman–Crippen LogP) is 3.28. The summed E-state index contributed by atoms with van der Waals surface area (Å²) >= 11 is 3.52. The molecule has 1 N–H and O–H groups in total. The lowest BCUT2D eigenvalue weighted by atomic mass is 10.1. The molecule has 0 amide bonds. The standard InChI is InChI=1S/C13H14BrN3/c1-17-7-6-13(16-17)15-12-5-2-9-8-10(14)3-4-11(9)12/h3-4,6-8,12H,2,5H2,1H3,(H,15,16). The van der Waals surface area contributed by atoms with Gasteiger partial charge in [-0.05, 0) is 36.1 Å². The van der Waals surface area contributed by atoms with Gasteiger partial charge in [-0.1, -0.05) is 22.0 Å². The number of rotatable bonds is 2. The zero-order valence-electron chi connectivity index (χ0n) is 9.65. The molecule has 4 heteroatoms. The van der Waals surface area contributed by atoms with E-state index in [1.807, 2.05) is 24.0 Å². The predicted molar refractivity (Wildman–Crippen MR) is 72.0 cm³/mol. The molecule has 0 fully saturated rings. The van der Waals surface area contributed by atoms with Crippen molar-refractivity contribution in [2.75, 3.05) is 5.32 Å². The number of hydrogen-bond acceptors (Lipinski definition) is 2. The van der Waals surface area contributed by atoms with E-state index in [2.05, 4.69) is 44.5 Å². The monoisotopic (exact) mass is 291 g/mol. The van der Waals surface area contributed by atoms with Crippen LogP contribution in [0, 0.1) is 0 Å². The Balaban J connectivity index is 1.84. The third-order valence-electron chi connectivity index (χ3n) is 3.22. The average molecular weight is 292 g/mol. The summed E-state index contributed by atoms with van der Waals surface area (Å²) in [6.45, 7) is 0. The second kappa shape index (κ2) is 4.18. The zero-order valence-corrected chi connectivity index (χ0v) is 11.2. The van der Waals surface area contributed by atoms with Crippen molar-refractivity contribution in [2.45, 2.75) is 18.9 Å². The van der Waals surface area contributed by atoms with Crippen LogP contribution in [0.1, 0.15) is 23.6 Å². The molecule has 3 nitrogen and oxygen atoms in total. The third kappa shape index (κ3) is 2.09. The Labute approximate surface area is 109 Å². The molecule has 1 aromatic carbocycles. The fourth-order valence-corrected chi connectivity index (χ4v) is 2.82. The summed E-state index contributed by atoms with van der Waals surface area (Å²) in [4.78, 5) is 0. The van der Waals surface area contributed by atoms with Gasteiger partial charge in [-0.25, -0.2) is 0 Å². The van der Waals surface area contributed by atoms with Crippen molar-refractivity contribution in [3.63, 3.8) is 0 Å². The van der Waals surface area contributed by atoms with Crippen LogP contribution in [0.15, 0.2) is 34.9 Å². The second-order valence-electron chi connectivity index (χ2n) is 4.45. The second-order valence-corrected chi connectivity index (χ2v) is 5.37. The fraction of sp³-hybridized carbons (Fsp3) is 0.308. The number of aromatic nitrogens is 2. The van der Waals surface area contributed by atoms with Gasteiger partial charge < -0.3 is 5.32 Å². The van der Waals surface area contributed by atoms with Gasteiger partial charge in [0.25, 0.3) is 0 Å². The molecule has 1 heterocycles. The van der Waals surface area contributed by atoms with Gasteiger partial charge >= 0.3 is 0 Å². The van der Waals surface area contributed by atoms with Crippen LogP contribution in [-0.2, 0) is 13.5 Å². The molecule has 0 aliphatic heterocycles. The van der Waals surface area contributed by atoms with Gasteiger partial charge in [0.2, 0.25) is 0 Å². The molecule has 0 saturated heterocycles. The summed E-state index contributed by atoms with van der Waals surface area (Å²) in [6.07, 6.45) is 4.24. The average Bonchev–Trinajstić information content (AvgIpc) is 2.86. The molecule has 0 spiro atoms. The largest absolute Gasteiger partial charge is 0.362 e. The number of aryl methyl sites for hydroxylation is 2. The van der Waals surface area contributed by atoms with E-state index in [9.17, 15) is 0 Å². The Morgan fingerprint density at radius 2 is 2.29 bits per heavy atom. The topological polar surface area (TPSA) is 29.9 Å². The minimum absolute atomic E-state index is 0.396. The molecule has 2 aromatic rings. The number of nitrogens with zero attached hydrogens (tertiary/aromatic N) is 2. The highest BCUT2D eigenvalue weighted by atomic mass is 79.9. The third-order valence-corrected chi connectivity index (χ3v) is 3.71. The smallest absolute Gasteiger partial charge is 0.148 e. The van der Waals surface area contributed by atoms with E-state index in [0.29, 0.717) is 6.04 Å². The molecule has 0 bridgehead atoms. The Hall–Kier alpha value is -1.29. The molecule has 1 unspecified atom stereocenters. The molecule has 1 aliphatic carbocycles. The number of hydrogen-bond donors (Lipinski definition) is 1. The molecular formula is C13H14BrN3. The highest BCUT2D eigenvalue weighted by Gasteiger charge is 2.22. The summed E-state index contributed by atoms with van der Waals surface area (Å²) in [5, 5.41) is 7.85. The van der Waals surface area contributed by atoms with Crippen LogP contribution in [0.25, 0.3) is 0 Å². The number of anilines is 1. The highest BCUT2D eigenvalue weighted by Crippen LogP contribution is 2.34. The van der Waals surface area contributed by atoms with E-state index in [1.54, 1.807) is 0 Å². The Kier molecular flexibility index (Phi) is 2.67. The van der Waals surface area contributed by atoms with Gasteiger partial charge in [-0.2, -0.15) is 5.10 Å². The summed E-state index contributed by atoms with van der Waals surface area (Å²) in [5.41, 5.74) is 2.84. The van der Waals surface area contributed by atoms with Gasteiger partial charge in [0.05, 0.1) is 6.04 Å². The first-order valence-electron chi connectivity index (χ1n) is 5.77. The molecular weight excluding hydrogens is 278 g/mol. The molecule has 3 rings (SSSR count). The Morgan fingerprint density at radius 3 is 3.06 bits per heavy atom. The van der Waals surface area contributed by atoms with Crippen molar-refractivity contribution in [3.8, 4) is 0 Å². The fourth-order valence-electron chi connectivity index (χ4n) is 2.41. The lowest BCUT2D eigenvalue weighted by molar-refractivity contribution is 0.733. The zero-order chi connectivity index (χ0) is 11.8. The van der Waals surface area contributed by atoms with E-state index in [-0.39, 0.29) is 0 Å². The van der Waals surface area contributed by atoms with Crippen molar-refractivity contribution in [1.29, 1.82) is 0 Å². The van der Waals surface area contributed by atoms with Crippen molar-refractivity contribution < 1.29 is 0 Å². The molecule has 1 aliphatic rings. The minimum atomic E-state index is 0.396. The maximum atomic E-state index is 4.36. The van der Waals surface area contributed by atoms with Crippen molar-refractivity contribution in [3.05, 3.63) is 46.1 Å². The van der Waals surface area contributed by atoms with Crippen molar-refractivity contribution in [1.82, 2.24) is 9.78 Å². The number of fused-ring (bicyclic) bond motifs is 1. The van der Waals surface area contributed by atoms with Gasteiger partial charge in [0.1, 0.15) is 5.82 Å². The normalized spacial score (nSPS) is 18.1. The van der Waals surface area contributed by atoms with Gasteiger partial charge in [-0.3, -0.25) is 4.68 Å². The molecule has 0 radical (unpaired) electrons. The Morgan fingerprint density at radius 1 is 1.41 bits per heavy atom. The molecule has 1 aromatic heterocycles. The number of benzene rings is 1. The number of halogens is 1. The van der Waals surface area contributed by atoms with Crippen molar-refractivity contribution in [2.24, 2.45) is 7.05 Å². The summed E-state index contributed by atoms with van der Waals surface area (Å²) in [5.74, 6) is 0.952. The van der Waals surface area contributed by atoms with E-state index in [4.69, 9.17) is 0 Å². The van der Waals surface area contributed by atoms with Crippen LogP contribution in [-0.4, -0.2) is 9.78 Å². The van der Waals surface area contributed by atoms with Crippen LogP contribution in [0.3, 0.4) is 0 Å². The lowest BCUT2D eigenvalue weighted by Crippen LogP contribution is -2.07. The first kappa shape index (κ1) is 10.8. The summed E-state index contributed by atoms with van der Waals surface area (Å²) in [7, 11) is 1.94. The summed E-state index contributed by atoms with van der Waals surface area (Å²) < 4.78 is 2.98. The van der Waals surface area contributed by atoms with Crippen LogP contribution in [0.4, 0.5) is 5.82 Å². The van der Waals surface area contributed by atoms with E-state index < -0.39 is 0 Å².